The van der Waals surface area contributed by atoms with Gasteiger partial charge in [0.1, 0.15) is 0 Å². The Morgan fingerprint density at radius 2 is 1.48 bits per heavy atom. The molecule has 170 valence electrons. The van der Waals surface area contributed by atoms with Crippen LogP contribution in [-0.4, -0.2) is 25.1 Å². The molecule has 1 amide bonds. The Bertz CT molecular complexity index is 1330. The normalized spacial score (nSPS) is 11.6. The van der Waals surface area contributed by atoms with Crippen LogP contribution >= 0.6 is 11.3 Å². The van der Waals surface area contributed by atoms with Crippen LogP contribution in [0.2, 0.25) is 0 Å². The zero-order chi connectivity index (χ0) is 23.4. The number of hydrogen-bond donors (Lipinski definition) is 0. The van der Waals surface area contributed by atoms with E-state index in [9.17, 15) is 13.2 Å². The Balaban J connectivity index is 1.59. The van der Waals surface area contributed by atoms with Crippen LogP contribution < -0.4 is 4.90 Å². The number of thiazole rings is 1. The van der Waals surface area contributed by atoms with Gasteiger partial charge in [0.2, 0.25) is 5.91 Å². The summed E-state index contributed by atoms with van der Waals surface area (Å²) in [4.78, 5) is 19.7. The summed E-state index contributed by atoms with van der Waals surface area (Å²) >= 11 is 1.47. The Morgan fingerprint density at radius 3 is 2.12 bits per heavy atom. The molecular weight excluding hydrogens is 452 g/mol. The Labute approximate surface area is 198 Å². The number of aryl methyl sites for hydroxylation is 2. The van der Waals surface area contributed by atoms with Crippen molar-refractivity contribution in [1.29, 1.82) is 0 Å². The molecule has 4 rings (SSSR count). The SMILES string of the molecule is Cc1ccc(C)c2sc(N(Cc3ccccc3)C(=O)CCS(=O)(=O)Cc3ccccc3)nc12. The number of amides is 1. The van der Waals surface area contributed by atoms with E-state index in [1.54, 1.807) is 17.0 Å². The Morgan fingerprint density at radius 1 is 0.879 bits per heavy atom. The van der Waals surface area contributed by atoms with E-state index in [0.29, 0.717) is 11.7 Å². The van der Waals surface area contributed by atoms with Crippen molar-refractivity contribution < 1.29 is 13.2 Å². The van der Waals surface area contributed by atoms with Crippen LogP contribution in [0.4, 0.5) is 5.13 Å². The average molecular weight is 479 g/mol. The van der Waals surface area contributed by atoms with Crippen molar-refractivity contribution in [3.05, 3.63) is 95.1 Å². The molecule has 0 N–H and O–H groups in total. The van der Waals surface area contributed by atoms with E-state index in [4.69, 9.17) is 4.98 Å². The van der Waals surface area contributed by atoms with Gasteiger partial charge in [-0.25, -0.2) is 13.4 Å². The van der Waals surface area contributed by atoms with Gasteiger partial charge in [-0.3, -0.25) is 9.69 Å². The third-order valence-corrected chi connectivity index (χ3v) is 8.32. The zero-order valence-electron chi connectivity index (χ0n) is 18.7. The Hall–Kier alpha value is -3.03. The van der Waals surface area contributed by atoms with Gasteiger partial charge < -0.3 is 0 Å². The highest BCUT2D eigenvalue weighted by Gasteiger charge is 2.23. The molecule has 0 unspecified atom stereocenters. The summed E-state index contributed by atoms with van der Waals surface area (Å²) in [5.41, 5.74) is 4.74. The molecule has 1 heterocycles. The molecule has 33 heavy (non-hydrogen) atoms. The quantitative estimate of drug-likeness (QED) is 0.338. The van der Waals surface area contributed by atoms with E-state index in [1.165, 1.54) is 11.3 Å². The van der Waals surface area contributed by atoms with E-state index in [1.807, 2.05) is 68.4 Å². The molecule has 0 aliphatic rings. The molecular formula is C26H26N2O3S2. The van der Waals surface area contributed by atoms with Gasteiger partial charge in [0.05, 0.1) is 28.3 Å². The first-order valence-corrected chi connectivity index (χ1v) is 13.4. The van der Waals surface area contributed by atoms with E-state index in [-0.39, 0.29) is 23.8 Å². The number of fused-ring (bicyclic) bond motifs is 1. The van der Waals surface area contributed by atoms with Gasteiger partial charge >= 0.3 is 0 Å². The predicted molar refractivity (Wildman–Crippen MR) is 135 cm³/mol. The Kier molecular flexibility index (Phi) is 6.91. The van der Waals surface area contributed by atoms with Gasteiger partial charge in [0.15, 0.2) is 15.0 Å². The van der Waals surface area contributed by atoms with Crippen molar-refractivity contribution in [2.75, 3.05) is 10.7 Å². The van der Waals surface area contributed by atoms with Crippen molar-refractivity contribution in [3.8, 4) is 0 Å². The molecule has 3 aromatic carbocycles. The third-order valence-electron chi connectivity index (χ3n) is 5.50. The first kappa shape index (κ1) is 23.1. The number of carbonyl (C=O) groups excluding carboxylic acids is 1. The van der Waals surface area contributed by atoms with Crippen LogP contribution in [-0.2, 0) is 26.9 Å². The van der Waals surface area contributed by atoms with Crippen molar-refractivity contribution in [2.45, 2.75) is 32.6 Å². The highest BCUT2D eigenvalue weighted by molar-refractivity contribution is 7.90. The molecule has 0 aliphatic heterocycles. The lowest BCUT2D eigenvalue weighted by Gasteiger charge is -2.20. The molecule has 0 radical (unpaired) electrons. The van der Waals surface area contributed by atoms with E-state index in [0.717, 1.165) is 32.5 Å². The number of carbonyl (C=O) groups is 1. The average Bonchev–Trinajstić information content (AvgIpc) is 3.26. The van der Waals surface area contributed by atoms with Gasteiger partial charge in [0.25, 0.3) is 0 Å². The summed E-state index contributed by atoms with van der Waals surface area (Å²) in [6.07, 6.45) is -0.0874. The second-order valence-electron chi connectivity index (χ2n) is 8.17. The standard InChI is InChI=1S/C26H26N2O3S2/c1-19-13-14-20(2)25-24(19)27-26(32-25)28(17-21-9-5-3-6-10-21)23(29)15-16-33(30,31)18-22-11-7-4-8-12-22/h3-14H,15-18H2,1-2H3. The molecule has 5 nitrogen and oxygen atoms in total. The lowest BCUT2D eigenvalue weighted by Crippen LogP contribution is -2.31. The van der Waals surface area contributed by atoms with Crippen molar-refractivity contribution in [3.63, 3.8) is 0 Å². The van der Waals surface area contributed by atoms with Crippen LogP contribution in [0.25, 0.3) is 10.2 Å². The van der Waals surface area contributed by atoms with Crippen molar-refractivity contribution in [2.24, 2.45) is 0 Å². The second kappa shape index (κ2) is 9.85. The van der Waals surface area contributed by atoms with Gasteiger partial charge in [-0.2, -0.15) is 0 Å². The topological polar surface area (TPSA) is 67.3 Å². The molecule has 0 atom stereocenters. The van der Waals surface area contributed by atoms with Crippen molar-refractivity contribution >= 4 is 42.4 Å². The van der Waals surface area contributed by atoms with Crippen LogP contribution in [0.15, 0.2) is 72.8 Å². The summed E-state index contributed by atoms with van der Waals surface area (Å²) in [5, 5.41) is 0.594. The van der Waals surface area contributed by atoms with Crippen LogP contribution in [0, 0.1) is 13.8 Å². The minimum Gasteiger partial charge on any atom is -0.284 e. The number of hydrogen-bond acceptors (Lipinski definition) is 5. The molecule has 1 aromatic heterocycles. The molecule has 0 saturated heterocycles. The predicted octanol–water partition coefficient (Wildman–Crippen LogP) is 5.45. The smallest absolute Gasteiger partial charge is 0.230 e. The van der Waals surface area contributed by atoms with Gasteiger partial charge in [-0.05, 0) is 36.1 Å². The molecule has 0 aliphatic carbocycles. The van der Waals surface area contributed by atoms with Crippen LogP contribution in [0.1, 0.15) is 28.7 Å². The monoisotopic (exact) mass is 478 g/mol. The summed E-state index contributed by atoms with van der Waals surface area (Å²) in [6, 6.07) is 22.8. The first-order chi connectivity index (χ1) is 15.8. The molecule has 7 heteroatoms. The van der Waals surface area contributed by atoms with Crippen molar-refractivity contribution in [1.82, 2.24) is 4.98 Å². The lowest BCUT2D eigenvalue weighted by atomic mass is 10.1. The molecule has 0 spiro atoms. The highest BCUT2D eigenvalue weighted by atomic mass is 32.2. The van der Waals surface area contributed by atoms with E-state index in [2.05, 4.69) is 6.07 Å². The fraction of sp³-hybridized carbons (Fsp3) is 0.231. The van der Waals surface area contributed by atoms with E-state index < -0.39 is 9.84 Å². The van der Waals surface area contributed by atoms with Gasteiger partial charge in [-0.15, -0.1) is 0 Å². The summed E-state index contributed by atoms with van der Waals surface area (Å²) in [5.74, 6) is -0.515. The largest absolute Gasteiger partial charge is 0.284 e. The molecule has 0 bridgehead atoms. The number of benzene rings is 3. The zero-order valence-corrected chi connectivity index (χ0v) is 20.3. The number of aromatic nitrogens is 1. The number of anilines is 1. The number of nitrogens with zero attached hydrogens (tertiary/aromatic N) is 2. The molecule has 4 aromatic rings. The first-order valence-electron chi connectivity index (χ1n) is 10.8. The maximum atomic E-state index is 13.3. The fourth-order valence-electron chi connectivity index (χ4n) is 3.67. The third kappa shape index (κ3) is 5.67. The highest BCUT2D eigenvalue weighted by Crippen LogP contribution is 2.34. The second-order valence-corrected chi connectivity index (χ2v) is 11.3. The maximum absolute atomic E-state index is 13.3. The van der Waals surface area contributed by atoms with E-state index >= 15 is 0 Å². The fourth-order valence-corrected chi connectivity index (χ4v) is 6.13. The molecule has 0 saturated carbocycles. The summed E-state index contributed by atoms with van der Waals surface area (Å²) in [7, 11) is -3.42. The summed E-state index contributed by atoms with van der Waals surface area (Å²) in [6.45, 7) is 4.38. The minimum absolute atomic E-state index is 0.0701. The number of rotatable bonds is 8. The van der Waals surface area contributed by atoms with Gasteiger partial charge in [0, 0.05) is 6.42 Å². The summed E-state index contributed by atoms with van der Waals surface area (Å²) < 4.78 is 26.4. The number of sulfone groups is 1. The molecule has 0 fully saturated rings. The van der Waals surface area contributed by atoms with Crippen LogP contribution in [0.3, 0.4) is 0 Å². The maximum Gasteiger partial charge on any atom is 0.230 e. The minimum atomic E-state index is -3.42. The van der Waals surface area contributed by atoms with Gasteiger partial charge in [-0.1, -0.05) is 84.1 Å². The lowest BCUT2D eigenvalue weighted by molar-refractivity contribution is -0.118. The van der Waals surface area contributed by atoms with Crippen LogP contribution in [0.5, 0.6) is 0 Å².